The van der Waals surface area contributed by atoms with Crippen LogP contribution in [0.1, 0.15) is 52.0 Å². The van der Waals surface area contributed by atoms with Crippen LogP contribution in [0.5, 0.6) is 0 Å². The summed E-state index contributed by atoms with van der Waals surface area (Å²) in [6.45, 7) is 8.76. The van der Waals surface area contributed by atoms with Crippen LogP contribution in [0.4, 0.5) is 11.4 Å². The topological polar surface area (TPSA) is 78.5 Å². The van der Waals surface area contributed by atoms with Gasteiger partial charge in [0.1, 0.15) is 0 Å². The number of amides is 3. The lowest BCUT2D eigenvalue weighted by Gasteiger charge is -2.19. The molecule has 0 atom stereocenters. The number of hydrogen-bond acceptors (Lipinski definition) is 3. The fourth-order valence-electron chi connectivity index (χ4n) is 2.88. The lowest BCUT2D eigenvalue weighted by Crippen LogP contribution is -2.35. The summed E-state index contributed by atoms with van der Waals surface area (Å²) < 4.78 is 0. The number of nitrogens with one attached hydrogen (secondary N) is 2. The SMILES string of the molecule is Cc1cc(NC(=O)CCCNC(=O)C(C)(C)C)ccc1N1CCCC1=O. The van der Waals surface area contributed by atoms with Gasteiger partial charge in [0.25, 0.3) is 0 Å². The zero-order chi connectivity index (χ0) is 19.3. The fraction of sp³-hybridized carbons (Fsp3) is 0.550. The van der Waals surface area contributed by atoms with E-state index in [1.165, 1.54) is 0 Å². The molecule has 1 heterocycles. The van der Waals surface area contributed by atoms with Crippen molar-refractivity contribution in [2.75, 3.05) is 23.3 Å². The molecular formula is C20H29N3O3. The van der Waals surface area contributed by atoms with Crippen molar-refractivity contribution in [3.05, 3.63) is 23.8 Å². The second kappa shape index (κ2) is 8.34. The van der Waals surface area contributed by atoms with Crippen LogP contribution in [0, 0.1) is 12.3 Å². The number of benzene rings is 1. The second-order valence-electron chi connectivity index (χ2n) is 7.81. The van der Waals surface area contributed by atoms with Crippen LogP contribution in [0.3, 0.4) is 0 Å². The van der Waals surface area contributed by atoms with Gasteiger partial charge in [-0.25, -0.2) is 0 Å². The molecule has 1 aliphatic rings. The minimum Gasteiger partial charge on any atom is -0.356 e. The quantitative estimate of drug-likeness (QED) is 0.767. The van der Waals surface area contributed by atoms with Gasteiger partial charge in [-0.05, 0) is 43.5 Å². The Labute approximate surface area is 155 Å². The zero-order valence-electron chi connectivity index (χ0n) is 16.1. The summed E-state index contributed by atoms with van der Waals surface area (Å²) in [6.07, 6.45) is 2.43. The molecule has 3 amide bonds. The molecule has 6 heteroatoms. The van der Waals surface area contributed by atoms with E-state index < -0.39 is 5.41 Å². The first-order valence-corrected chi connectivity index (χ1v) is 9.17. The molecule has 2 N–H and O–H groups in total. The Kier molecular flexibility index (Phi) is 6.40. The maximum atomic E-state index is 12.1. The van der Waals surface area contributed by atoms with Gasteiger partial charge in [0, 0.05) is 42.7 Å². The molecule has 1 aromatic carbocycles. The van der Waals surface area contributed by atoms with Gasteiger partial charge in [-0.15, -0.1) is 0 Å². The summed E-state index contributed by atoms with van der Waals surface area (Å²) in [6, 6.07) is 5.60. The Hall–Kier alpha value is -2.37. The summed E-state index contributed by atoms with van der Waals surface area (Å²) >= 11 is 0. The lowest BCUT2D eigenvalue weighted by atomic mass is 9.96. The standard InChI is InChI=1S/C20H29N3O3/c1-14-13-15(9-10-16(14)23-12-6-8-18(23)25)22-17(24)7-5-11-21-19(26)20(2,3)4/h9-10,13H,5-8,11-12H2,1-4H3,(H,21,26)(H,22,24). The van der Waals surface area contributed by atoms with Gasteiger partial charge in [0.2, 0.25) is 17.7 Å². The lowest BCUT2D eigenvalue weighted by molar-refractivity contribution is -0.128. The summed E-state index contributed by atoms with van der Waals surface area (Å²) in [4.78, 5) is 37.5. The van der Waals surface area contributed by atoms with Crippen molar-refractivity contribution in [1.82, 2.24) is 5.32 Å². The summed E-state index contributed by atoms with van der Waals surface area (Å²) in [5.41, 5.74) is 2.19. The highest BCUT2D eigenvalue weighted by Crippen LogP contribution is 2.27. The Balaban J connectivity index is 1.81. The van der Waals surface area contributed by atoms with Crippen molar-refractivity contribution < 1.29 is 14.4 Å². The van der Waals surface area contributed by atoms with Crippen LogP contribution in [-0.2, 0) is 14.4 Å². The smallest absolute Gasteiger partial charge is 0.227 e. The number of hydrogen-bond donors (Lipinski definition) is 2. The third-order valence-electron chi connectivity index (χ3n) is 4.39. The van der Waals surface area contributed by atoms with Crippen LogP contribution < -0.4 is 15.5 Å². The molecule has 0 spiro atoms. The number of rotatable bonds is 6. The summed E-state index contributed by atoms with van der Waals surface area (Å²) in [7, 11) is 0. The molecule has 142 valence electrons. The molecule has 1 aliphatic heterocycles. The predicted octanol–water partition coefficient (Wildman–Crippen LogP) is 3.00. The normalized spacial score (nSPS) is 14.5. The fourth-order valence-corrected chi connectivity index (χ4v) is 2.88. The maximum Gasteiger partial charge on any atom is 0.227 e. The first kappa shape index (κ1) is 19.9. The molecular weight excluding hydrogens is 330 g/mol. The molecule has 0 bridgehead atoms. The zero-order valence-corrected chi connectivity index (χ0v) is 16.1. The van der Waals surface area contributed by atoms with Gasteiger partial charge in [0.15, 0.2) is 0 Å². The number of aryl methyl sites for hydroxylation is 1. The van der Waals surface area contributed by atoms with E-state index in [0.717, 1.165) is 29.9 Å². The Morgan fingerprint density at radius 1 is 1.23 bits per heavy atom. The Morgan fingerprint density at radius 2 is 1.96 bits per heavy atom. The highest BCUT2D eigenvalue weighted by Gasteiger charge is 2.23. The van der Waals surface area contributed by atoms with Crippen LogP contribution in [0.15, 0.2) is 18.2 Å². The minimum atomic E-state index is -0.418. The average molecular weight is 359 g/mol. The van der Waals surface area contributed by atoms with E-state index in [2.05, 4.69) is 10.6 Å². The molecule has 2 rings (SSSR count). The van der Waals surface area contributed by atoms with E-state index in [-0.39, 0.29) is 17.7 Å². The largest absolute Gasteiger partial charge is 0.356 e. The van der Waals surface area contributed by atoms with Gasteiger partial charge >= 0.3 is 0 Å². The average Bonchev–Trinajstić information content (AvgIpc) is 2.96. The number of carbonyl (C=O) groups excluding carboxylic acids is 3. The van der Waals surface area contributed by atoms with E-state index in [0.29, 0.717) is 25.8 Å². The maximum absolute atomic E-state index is 12.1. The van der Waals surface area contributed by atoms with Crippen molar-refractivity contribution in [1.29, 1.82) is 0 Å². The van der Waals surface area contributed by atoms with Crippen molar-refractivity contribution in [2.24, 2.45) is 5.41 Å². The molecule has 6 nitrogen and oxygen atoms in total. The van der Waals surface area contributed by atoms with E-state index in [1.54, 1.807) is 4.90 Å². The van der Waals surface area contributed by atoms with E-state index >= 15 is 0 Å². The van der Waals surface area contributed by atoms with Gasteiger partial charge in [-0.2, -0.15) is 0 Å². The van der Waals surface area contributed by atoms with Crippen LogP contribution in [-0.4, -0.2) is 30.8 Å². The minimum absolute atomic E-state index is 0.0134. The highest BCUT2D eigenvalue weighted by atomic mass is 16.2. The Bertz CT molecular complexity index is 692. The van der Waals surface area contributed by atoms with Crippen molar-refractivity contribution in [3.8, 4) is 0 Å². The molecule has 0 saturated carbocycles. The van der Waals surface area contributed by atoms with Crippen LogP contribution in [0.2, 0.25) is 0 Å². The third kappa shape index (κ3) is 5.31. The second-order valence-corrected chi connectivity index (χ2v) is 7.81. The van der Waals surface area contributed by atoms with Crippen molar-refractivity contribution >= 4 is 29.1 Å². The number of anilines is 2. The first-order chi connectivity index (χ1) is 12.2. The van der Waals surface area contributed by atoms with Gasteiger partial charge in [0.05, 0.1) is 0 Å². The Morgan fingerprint density at radius 3 is 2.54 bits per heavy atom. The van der Waals surface area contributed by atoms with Gasteiger partial charge in [-0.1, -0.05) is 20.8 Å². The summed E-state index contributed by atoms with van der Waals surface area (Å²) in [5, 5.41) is 5.71. The van der Waals surface area contributed by atoms with Gasteiger partial charge in [-0.3, -0.25) is 14.4 Å². The molecule has 1 saturated heterocycles. The van der Waals surface area contributed by atoms with Gasteiger partial charge < -0.3 is 15.5 Å². The molecule has 0 radical (unpaired) electrons. The molecule has 0 aromatic heterocycles. The molecule has 0 unspecified atom stereocenters. The monoisotopic (exact) mass is 359 g/mol. The van der Waals surface area contributed by atoms with E-state index in [1.807, 2.05) is 45.9 Å². The highest BCUT2D eigenvalue weighted by molar-refractivity contribution is 5.97. The third-order valence-corrected chi connectivity index (χ3v) is 4.39. The van der Waals surface area contributed by atoms with E-state index in [4.69, 9.17) is 0 Å². The molecule has 1 aromatic rings. The first-order valence-electron chi connectivity index (χ1n) is 9.17. The molecule has 0 aliphatic carbocycles. The van der Waals surface area contributed by atoms with E-state index in [9.17, 15) is 14.4 Å². The van der Waals surface area contributed by atoms with Crippen molar-refractivity contribution in [2.45, 2.75) is 53.4 Å². The van der Waals surface area contributed by atoms with Crippen LogP contribution in [0.25, 0.3) is 0 Å². The summed E-state index contributed by atoms with van der Waals surface area (Å²) in [5.74, 6) is 0.0576. The predicted molar refractivity (Wildman–Crippen MR) is 103 cm³/mol. The number of carbonyl (C=O) groups is 3. The van der Waals surface area contributed by atoms with Crippen LogP contribution >= 0.6 is 0 Å². The number of nitrogens with zero attached hydrogens (tertiary/aromatic N) is 1. The molecule has 26 heavy (non-hydrogen) atoms. The molecule has 1 fully saturated rings. The van der Waals surface area contributed by atoms with Crippen molar-refractivity contribution in [3.63, 3.8) is 0 Å².